The molecular formula is C16H18N2O. The summed E-state index contributed by atoms with van der Waals surface area (Å²) in [5, 5.41) is 3.44. The fourth-order valence-corrected chi connectivity index (χ4v) is 2.52. The number of anilines is 2. The number of benzene rings is 2. The van der Waals surface area contributed by atoms with Crippen molar-refractivity contribution >= 4 is 11.4 Å². The van der Waals surface area contributed by atoms with Crippen molar-refractivity contribution in [2.24, 2.45) is 0 Å². The molecule has 3 nitrogen and oxygen atoms in total. The lowest BCUT2D eigenvalue weighted by Gasteiger charge is -2.26. The summed E-state index contributed by atoms with van der Waals surface area (Å²) in [6.07, 6.45) is 1.04. The first-order chi connectivity index (χ1) is 9.34. The molecule has 1 aliphatic heterocycles. The predicted octanol–water partition coefficient (Wildman–Crippen LogP) is 3.25. The van der Waals surface area contributed by atoms with Crippen molar-refractivity contribution in [1.82, 2.24) is 0 Å². The number of hydrogen-bond acceptors (Lipinski definition) is 3. The SMILES string of the molecule is Nc1ccccc1NCC1CCOc2ccccc21. The van der Waals surface area contributed by atoms with Crippen LogP contribution in [0.2, 0.25) is 0 Å². The monoisotopic (exact) mass is 254 g/mol. The Bertz CT molecular complexity index is 568. The molecule has 1 unspecified atom stereocenters. The molecule has 1 aliphatic rings. The van der Waals surface area contributed by atoms with Crippen LogP contribution in [0.25, 0.3) is 0 Å². The first-order valence-electron chi connectivity index (χ1n) is 6.64. The molecule has 0 saturated heterocycles. The zero-order valence-corrected chi connectivity index (χ0v) is 10.8. The van der Waals surface area contributed by atoms with Crippen molar-refractivity contribution in [3.05, 3.63) is 54.1 Å². The Labute approximate surface area is 113 Å². The van der Waals surface area contributed by atoms with E-state index in [1.807, 2.05) is 36.4 Å². The van der Waals surface area contributed by atoms with Gasteiger partial charge in [-0.1, -0.05) is 30.3 Å². The molecule has 98 valence electrons. The summed E-state index contributed by atoms with van der Waals surface area (Å²) >= 11 is 0. The Hall–Kier alpha value is -2.16. The van der Waals surface area contributed by atoms with Gasteiger partial charge in [0.05, 0.1) is 18.0 Å². The summed E-state index contributed by atoms with van der Waals surface area (Å²) in [7, 11) is 0. The van der Waals surface area contributed by atoms with Gasteiger partial charge in [0.1, 0.15) is 5.75 Å². The Morgan fingerprint density at radius 2 is 1.89 bits per heavy atom. The van der Waals surface area contributed by atoms with Gasteiger partial charge >= 0.3 is 0 Å². The lowest BCUT2D eigenvalue weighted by atomic mass is 9.93. The van der Waals surface area contributed by atoms with E-state index in [0.717, 1.165) is 36.7 Å². The van der Waals surface area contributed by atoms with E-state index in [1.165, 1.54) is 5.56 Å². The van der Waals surface area contributed by atoms with Gasteiger partial charge in [-0.3, -0.25) is 0 Å². The second kappa shape index (κ2) is 5.22. The predicted molar refractivity (Wildman–Crippen MR) is 78.6 cm³/mol. The molecule has 2 aromatic rings. The highest BCUT2D eigenvalue weighted by atomic mass is 16.5. The lowest BCUT2D eigenvalue weighted by Crippen LogP contribution is -2.21. The maximum Gasteiger partial charge on any atom is 0.122 e. The van der Waals surface area contributed by atoms with Gasteiger partial charge < -0.3 is 15.8 Å². The number of nitrogen functional groups attached to an aromatic ring is 1. The molecule has 0 aromatic heterocycles. The van der Waals surface area contributed by atoms with Crippen LogP contribution >= 0.6 is 0 Å². The molecule has 1 atom stereocenters. The van der Waals surface area contributed by atoms with E-state index in [2.05, 4.69) is 17.4 Å². The van der Waals surface area contributed by atoms with Crippen molar-refractivity contribution in [1.29, 1.82) is 0 Å². The highest BCUT2D eigenvalue weighted by molar-refractivity contribution is 5.65. The standard InChI is InChI=1S/C16H18N2O/c17-14-6-2-3-7-15(14)18-11-12-9-10-19-16-8-4-1-5-13(12)16/h1-8,12,18H,9-11,17H2. The van der Waals surface area contributed by atoms with E-state index >= 15 is 0 Å². The van der Waals surface area contributed by atoms with Crippen LogP contribution in [-0.2, 0) is 0 Å². The third-order valence-electron chi connectivity index (χ3n) is 3.58. The Morgan fingerprint density at radius 1 is 1.11 bits per heavy atom. The molecule has 0 fully saturated rings. The van der Waals surface area contributed by atoms with Crippen molar-refractivity contribution in [3.63, 3.8) is 0 Å². The molecule has 1 heterocycles. The molecule has 3 N–H and O–H groups in total. The van der Waals surface area contributed by atoms with E-state index in [9.17, 15) is 0 Å². The zero-order valence-electron chi connectivity index (χ0n) is 10.8. The van der Waals surface area contributed by atoms with Crippen LogP contribution in [0.3, 0.4) is 0 Å². The van der Waals surface area contributed by atoms with Gasteiger partial charge in [0.2, 0.25) is 0 Å². The van der Waals surface area contributed by atoms with Gasteiger partial charge in [0.25, 0.3) is 0 Å². The summed E-state index contributed by atoms with van der Waals surface area (Å²) in [4.78, 5) is 0. The number of nitrogens with one attached hydrogen (secondary N) is 1. The molecule has 0 saturated carbocycles. The van der Waals surface area contributed by atoms with E-state index in [4.69, 9.17) is 10.5 Å². The van der Waals surface area contributed by atoms with Gasteiger partial charge in [-0.2, -0.15) is 0 Å². The second-order valence-electron chi connectivity index (χ2n) is 4.84. The van der Waals surface area contributed by atoms with Crippen molar-refractivity contribution in [3.8, 4) is 5.75 Å². The van der Waals surface area contributed by atoms with Crippen molar-refractivity contribution < 1.29 is 4.74 Å². The molecule has 0 aliphatic carbocycles. The van der Waals surface area contributed by atoms with E-state index in [1.54, 1.807) is 0 Å². The van der Waals surface area contributed by atoms with Crippen LogP contribution in [0.15, 0.2) is 48.5 Å². The summed E-state index contributed by atoms with van der Waals surface area (Å²) in [6, 6.07) is 16.1. The molecule has 0 spiro atoms. The largest absolute Gasteiger partial charge is 0.493 e. The second-order valence-corrected chi connectivity index (χ2v) is 4.84. The summed E-state index contributed by atoms with van der Waals surface area (Å²) in [5.74, 6) is 1.49. The minimum Gasteiger partial charge on any atom is -0.493 e. The highest BCUT2D eigenvalue weighted by Crippen LogP contribution is 2.33. The van der Waals surface area contributed by atoms with Gasteiger partial charge in [-0.05, 0) is 30.2 Å². The minimum absolute atomic E-state index is 0.476. The Morgan fingerprint density at radius 3 is 2.79 bits per heavy atom. The number of nitrogens with two attached hydrogens (primary N) is 1. The number of fused-ring (bicyclic) bond motifs is 1. The molecular weight excluding hydrogens is 236 g/mol. The first kappa shape index (κ1) is 11.9. The fraction of sp³-hybridized carbons (Fsp3) is 0.250. The maximum absolute atomic E-state index is 5.94. The Kier molecular flexibility index (Phi) is 3.27. The Balaban J connectivity index is 1.73. The average molecular weight is 254 g/mol. The summed E-state index contributed by atoms with van der Waals surface area (Å²) < 4.78 is 5.68. The van der Waals surface area contributed by atoms with Crippen LogP contribution in [0.4, 0.5) is 11.4 Å². The topological polar surface area (TPSA) is 47.3 Å². The molecule has 2 aromatic carbocycles. The highest BCUT2D eigenvalue weighted by Gasteiger charge is 2.20. The van der Waals surface area contributed by atoms with Crippen LogP contribution < -0.4 is 15.8 Å². The first-order valence-corrected chi connectivity index (χ1v) is 6.64. The number of rotatable bonds is 3. The molecule has 0 amide bonds. The van der Waals surface area contributed by atoms with Crippen molar-refractivity contribution in [2.75, 3.05) is 24.2 Å². The van der Waals surface area contributed by atoms with Crippen LogP contribution in [0.1, 0.15) is 17.9 Å². The molecule has 0 bridgehead atoms. The van der Waals surface area contributed by atoms with Gasteiger partial charge in [-0.25, -0.2) is 0 Å². The molecule has 0 radical (unpaired) electrons. The number of ether oxygens (including phenoxy) is 1. The fourth-order valence-electron chi connectivity index (χ4n) is 2.52. The summed E-state index contributed by atoms with van der Waals surface area (Å²) in [6.45, 7) is 1.67. The van der Waals surface area contributed by atoms with Gasteiger partial charge in [0.15, 0.2) is 0 Å². The zero-order chi connectivity index (χ0) is 13.1. The normalized spacial score (nSPS) is 17.4. The van der Waals surface area contributed by atoms with Gasteiger partial charge in [0, 0.05) is 12.5 Å². The smallest absolute Gasteiger partial charge is 0.122 e. The molecule has 3 heteroatoms. The van der Waals surface area contributed by atoms with E-state index in [0.29, 0.717) is 5.92 Å². The van der Waals surface area contributed by atoms with E-state index in [-0.39, 0.29) is 0 Å². The molecule has 19 heavy (non-hydrogen) atoms. The number of para-hydroxylation sites is 3. The minimum atomic E-state index is 0.476. The van der Waals surface area contributed by atoms with Crippen LogP contribution in [-0.4, -0.2) is 13.2 Å². The summed E-state index contributed by atoms with van der Waals surface area (Å²) in [5.41, 5.74) is 9.03. The van der Waals surface area contributed by atoms with Crippen LogP contribution in [0, 0.1) is 0 Å². The maximum atomic E-state index is 5.94. The molecule has 3 rings (SSSR count). The lowest BCUT2D eigenvalue weighted by molar-refractivity contribution is 0.270. The van der Waals surface area contributed by atoms with Gasteiger partial charge in [-0.15, -0.1) is 0 Å². The van der Waals surface area contributed by atoms with Crippen molar-refractivity contribution in [2.45, 2.75) is 12.3 Å². The average Bonchev–Trinajstić information content (AvgIpc) is 2.46. The third kappa shape index (κ3) is 2.50. The number of hydrogen-bond donors (Lipinski definition) is 2. The quantitative estimate of drug-likeness (QED) is 0.827. The van der Waals surface area contributed by atoms with E-state index < -0.39 is 0 Å². The third-order valence-corrected chi connectivity index (χ3v) is 3.58. The van der Waals surface area contributed by atoms with Crippen LogP contribution in [0.5, 0.6) is 5.75 Å².